The smallest absolute Gasteiger partial charge is 0.404 e. The van der Waals surface area contributed by atoms with Gasteiger partial charge in [-0.3, -0.25) is 9.79 Å². The third-order valence-electron chi connectivity index (χ3n) is 1.94. The molecule has 0 aliphatic rings. The van der Waals surface area contributed by atoms with E-state index < -0.39 is 7.82 Å². The van der Waals surface area contributed by atoms with Crippen molar-refractivity contribution < 1.29 is 54.5 Å². The number of phosphoric ester groups is 1. The van der Waals surface area contributed by atoms with Crippen LogP contribution in [0, 0.1) is 35.6 Å². The molecule has 2 N–H and O–H groups in total. The van der Waals surface area contributed by atoms with Crippen molar-refractivity contribution in [2.24, 2.45) is 0 Å². The van der Waals surface area contributed by atoms with E-state index in [1.807, 2.05) is 0 Å². The van der Waals surface area contributed by atoms with Crippen molar-refractivity contribution in [3.63, 3.8) is 0 Å². The third-order valence-corrected chi connectivity index (χ3v) is 2.39. The standard InChI is InChI=1S/C10H15O4P.La/c1-10(2,3)8-4-6-9(7-5-8)14-15(11,12)13;/h4-7H,1-3H3,(H2,11,12,13);. The molecule has 0 saturated carbocycles. The Labute approximate surface area is 123 Å². The molecule has 0 saturated heterocycles. The maximum atomic E-state index is 10.6. The first-order valence-corrected chi connectivity index (χ1v) is 6.07. The van der Waals surface area contributed by atoms with Gasteiger partial charge >= 0.3 is 7.82 Å². The van der Waals surface area contributed by atoms with Gasteiger partial charge in [0.15, 0.2) is 0 Å². The molecule has 0 heterocycles. The molecule has 0 unspecified atom stereocenters. The summed E-state index contributed by atoms with van der Waals surface area (Å²) in [4.78, 5) is 17.2. The molecule has 1 aromatic carbocycles. The molecule has 0 aliphatic heterocycles. The summed E-state index contributed by atoms with van der Waals surface area (Å²) < 4.78 is 15.0. The molecule has 0 spiro atoms. The van der Waals surface area contributed by atoms with E-state index >= 15 is 0 Å². The van der Waals surface area contributed by atoms with E-state index in [2.05, 4.69) is 25.3 Å². The predicted molar refractivity (Wildman–Crippen MR) is 57.8 cm³/mol. The number of benzene rings is 1. The summed E-state index contributed by atoms with van der Waals surface area (Å²) in [6.45, 7) is 6.18. The fourth-order valence-corrected chi connectivity index (χ4v) is 1.55. The van der Waals surface area contributed by atoms with Crippen LogP contribution in [0.5, 0.6) is 5.75 Å². The average Bonchev–Trinajstić information content (AvgIpc) is 2.00. The van der Waals surface area contributed by atoms with Gasteiger partial charge < -0.3 is 4.52 Å². The van der Waals surface area contributed by atoms with E-state index in [1.54, 1.807) is 24.3 Å². The second-order valence-electron chi connectivity index (χ2n) is 4.36. The molecule has 4 nitrogen and oxygen atoms in total. The van der Waals surface area contributed by atoms with Gasteiger partial charge in [-0.25, -0.2) is 4.57 Å². The SMILES string of the molecule is CC(C)(C)c1ccc(OP(=O)(O)O)cc1.[La]. The zero-order valence-corrected chi connectivity index (χ0v) is 14.1. The van der Waals surface area contributed by atoms with Crippen LogP contribution >= 0.6 is 7.82 Å². The monoisotopic (exact) mass is 369 g/mol. The summed E-state index contributed by atoms with van der Waals surface area (Å²) in [5.41, 5.74) is 1.10. The first kappa shape index (κ1) is 16.4. The quantitative estimate of drug-likeness (QED) is 0.787. The zero-order valence-electron chi connectivity index (χ0n) is 9.54. The third kappa shape index (κ3) is 5.62. The van der Waals surface area contributed by atoms with E-state index in [0.717, 1.165) is 5.56 Å². The summed E-state index contributed by atoms with van der Waals surface area (Å²) >= 11 is 0. The van der Waals surface area contributed by atoms with Crippen molar-refractivity contribution in [2.75, 3.05) is 0 Å². The van der Waals surface area contributed by atoms with Crippen LogP contribution in [0.1, 0.15) is 26.3 Å². The maximum absolute atomic E-state index is 10.6. The van der Waals surface area contributed by atoms with Gasteiger partial charge in [0.05, 0.1) is 0 Å². The van der Waals surface area contributed by atoms with Crippen LogP contribution in [-0.4, -0.2) is 9.79 Å². The molecule has 0 aromatic heterocycles. The molecule has 6 heteroatoms. The molecular weight excluding hydrogens is 354 g/mol. The Kier molecular flexibility index (Phi) is 5.94. The van der Waals surface area contributed by atoms with Crippen molar-refractivity contribution in [1.29, 1.82) is 0 Å². The summed E-state index contributed by atoms with van der Waals surface area (Å²) in [6, 6.07) is 6.70. The second-order valence-corrected chi connectivity index (χ2v) is 5.52. The van der Waals surface area contributed by atoms with Crippen LogP contribution in [0.4, 0.5) is 0 Å². The average molecular weight is 369 g/mol. The van der Waals surface area contributed by atoms with Crippen LogP contribution in [0.15, 0.2) is 24.3 Å². The summed E-state index contributed by atoms with van der Waals surface area (Å²) in [6.07, 6.45) is 0. The van der Waals surface area contributed by atoms with E-state index in [4.69, 9.17) is 9.79 Å². The van der Waals surface area contributed by atoms with Gasteiger partial charge in [0.2, 0.25) is 0 Å². The molecule has 16 heavy (non-hydrogen) atoms. The second kappa shape index (κ2) is 5.81. The van der Waals surface area contributed by atoms with E-state index in [1.165, 1.54) is 0 Å². The number of hydrogen-bond acceptors (Lipinski definition) is 2. The van der Waals surface area contributed by atoms with Crippen LogP contribution < -0.4 is 4.52 Å². The molecule has 0 fully saturated rings. The zero-order chi connectivity index (χ0) is 11.7. The summed E-state index contributed by atoms with van der Waals surface area (Å²) in [5, 5.41) is 0. The fraction of sp³-hybridized carbons (Fsp3) is 0.400. The van der Waals surface area contributed by atoms with Crippen molar-refractivity contribution in [3.8, 4) is 5.75 Å². The molecule has 0 aliphatic carbocycles. The Morgan fingerprint density at radius 3 is 1.88 bits per heavy atom. The molecule has 87 valence electrons. The molecule has 0 amide bonds. The van der Waals surface area contributed by atoms with Crippen molar-refractivity contribution in [2.45, 2.75) is 26.2 Å². The predicted octanol–water partition coefficient (Wildman–Crippen LogP) is 2.46. The largest absolute Gasteiger partial charge is 0.524 e. The van der Waals surface area contributed by atoms with Crippen LogP contribution in [-0.2, 0) is 9.98 Å². The van der Waals surface area contributed by atoms with Crippen molar-refractivity contribution in [1.82, 2.24) is 0 Å². The van der Waals surface area contributed by atoms with Gasteiger partial charge in [-0.05, 0) is 23.1 Å². The Bertz CT molecular complexity index is 377. The van der Waals surface area contributed by atoms with E-state index in [-0.39, 0.29) is 46.8 Å². The van der Waals surface area contributed by atoms with Gasteiger partial charge in [-0.2, -0.15) is 0 Å². The molecule has 0 bridgehead atoms. The number of phosphoric acid groups is 1. The minimum atomic E-state index is -4.44. The Balaban J connectivity index is 0.00000225. The van der Waals surface area contributed by atoms with Crippen LogP contribution in [0.3, 0.4) is 0 Å². The normalized spacial score (nSPS) is 11.8. The molecule has 1 aromatic rings. The minimum Gasteiger partial charge on any atom is -0.404 e. The number of hydrogen-bond donors (Lipinski definition) is 2. The Morgan fingerprint density at radius 1 is 1.12 bits per heavy atom. The summed E-state index contributed by atoms with van der Waals surface area (Å²) in [7, 11) is -4.44. The first-order valence-electron chi connectivity index (χ1n) is 4.54. The minimum absolute atomic E-state index is 0. The topological polar surface area (TPSA) is 66.8 Å². The first-order chi connectivity index (χ1) is 6.68. The van der Waals surface area contributed by atoms with E-state index in [9.17, 15) is 4.57 Å². The molecule has 0 atom stereocenters. The number of rotatable bonds is 2. The maximum Gasteiger partial charge on any atom is 0.524 e. The Hall–Kier alpha value is 0.365. The summed E-state index contributed by atoms with van der Waals surface area (Å²) in [5.74, 6) is 0.177. The van der Waals surface area contributed by atoms with Crippen LogP contribution in [0.25, 0.3) is 0 Å². The Morgan fingerprint density at radius 2 is 1.56 bits per heavy atom. The van der Waals surface area contributed by atoms with Crippen molar-refractivity contribution >= 4 is 7.82 Å². The van der Waals surface area contributed by atoms with Crippen molar-refractivity contribution in [3.05, 3.63) is 29.8 Å². The van der Waals surface area contributed by atoms with Crippen LogP contribution in [0.2, 0.25) is 0 Å². The molecule has 1 rings (SSSR count). The van der Waals surface area contributed by atoms with Gasteiger partial charge in [0, 0.05) is 35.6 Å². The molecular formula is C10H15LaO4P. The van der Waals surface area contributed by atoms with Gasteiger partial charge in [-0.1, -0.05) is 32.9 Å². The fourth-order valence-electron chi connectivity index (χ4n) is 1.15. The van der Waals surface area contributed by atoms with Gasteiger partial charge in [-0.15, -0.1) is 0 Å². The molecule has 1 radical (unpaired) electrons. The van der Waals surface area contributed by atoms with E-state index in [0.29, 0.717) is 0 Å². The van der Waals surface area contributed by atoms with Gasteiger partial charge in [0.1, 0.15) is 5.75 Å². The van der Waals surface area contributed by atoms with Gasteiger partial charge in [0.25, 0.3) is 0 Å².